The zero-order valence-corrected chi connectivity index (χ0v) is 17.9. The van der Waals surface area contributed by atoms with Gasteiger partial charge in [-0.2, -0.15) is 8.78 Å². The van der Waals surface area contributed by atoms with Crippen molar-refractivity contribution in [3.05, 3.63) is 70.7 Å². The lowest BCUT2D eigenvalue weighted by Gasteiger charge is -2.32. The average Bonchev–Trinajstić information content (AvgIpc) is 2.65. The number of carbonyl (C=O) groups excluding carboxylic acids is 1. The van der Waals surface area contributed by atoms with E-state index in [4.69, 9.17) is 16.3 Å². The van der Waals surface area contributed by atoms with Gasteiger partial charge in [0.05, 0.1) is 6.10 Å². The van der Waals surface area contributed by atoms with Crippen LogP contribution >= 0.6 is 11.6 Å². The van der Waals surface area contributed by atoms with Crippen LogP contribution in [0.5, 0.6) is 0 Å². The summed E-state index contributed by atoms with van der Waals surface area (Å²) < 4.78 is 35.5. The molecule has 0 heterocycles. The van der Waals surface area contributed by atoms with Crippen LogP contribution in [0.15, 0.2) is 54.6 Å². The minimum atomic E-state index is -3.53. The Bertz CT molecular complexity index is 829. The maximum Gasteiger partial charge on any atom is 0.408 e. The summed E-state index contributed by atoms with van der Waals surface area (Å²) in [6.07, 6.45) is -2.62. The van der Waals surface area contributed by atoms with E-state index in [1.165, 1.54) is 24.3 Å². The van der Waals surface area contributed by atoms with Gasteiger partial charge in [0.25, 0.3) is 5.92 Å². The van der Waals surface area contributed by atoms with E-state index in [0.29, 0.717) is 11.6 Å². The molecule has 0 saturated heterocycles. The van der Waals surface area contributed by atoms with Gasteiger partial charge in [-0.25, -0.2) is 4.79 Å². The van der Waals surface area contributed by atoms with Crippen LogP contribution in [0.25, 0.3) is 0 Å². The number of halogens is 3. The van der Waals surface area contributed by atoms with Crippen LogP contribution < -0.4 is 10.6 Å². The Morgan fingerprint density at radius 1 is 1.13 bits per heavy atom. The zero-order chi connectivity index (χ0) is 22.4. The number of hydrogen-bond donors (Lipinski definition) is 3. The van der Waals surface area contributed by atoms with E-state index in [2.05, 4.69) is 10.6 Å². The Morgan fingerprint density at radius 3 is 2.40 bits per heavy atom. The minimum Gasteiger partial charge on any atom is -0.444 e. The molecule has 0 saturated carbocycles. The number of nitrogens with one attached hydrogen (secondary N) is 2. The summed E-state index contributed by atoms with van der Waals surface area (Å²) in [6.45, 7) is 5.00. The molecule has 0 spiro atoms. The predicted octanol–water partition coefficient (Wildman–Crippen LogP) is 4.48. The fourth-order valence-corrected chi connectivity index (χ4v) is 3.04. The lowest BCUT2D eigenvalue weighted by atomic mass is 9.96. The first kappa shape index (κ1) is 24.1. The van der Waals surface area contributed by atoms with Gasteiger partial charge in [0.2, 0.25) is 0 Å². The highest BCUT2D eigenvalue weighted by Gasteiger charge is 2.46. The molecular weight excluding hydrogens is 414 g/mol. The second-order valence-corrected chi connectivity index (χ2v) is 8.38. The molecule has 0 aliphatic carbocycles. The van der Waals surface area contributed by atoms with Crippen molar-refractivity contribution in [3.63, 3.8) is 0 Å². The van der Waals surface area contributed by atoms with E-state index >= 15 is 8.78 Å². The summed E-state index contributed by atoms with van der Waals surface area (Å²) in [5, 5.41) is 16.2. The number of carbonyl (C=O) groups is 1. The molecule has 2 unspecified atom stereocenters. The third kappa shape index (κ3) is 7.23. The van der Waals surface area contributed by atoms with Crippen molar-refractivity contribution in [2.75, 3.05) is 6.54 Å². The van der Waals surface area contributed by atoms with Gasteiger partial charge in [-0.15, -0.1) is 0 Å². The Morgan fingerprint density at radius 2 is 1.80 bits per heavy atom. The van der Waals surface area contributed by atoms with Crippen molar-refractivity contribution < 1.29 is 23.4 Å². The highest BCUT2D eigenvalue weighted by Crippen LogP contribution is 2.33. The van der Waals surface area contributed by atoms with Crippen LogP contribution in [-0.2, 0) is 17.2 Å². The standard InChI is InChI=1S/C22H27ClF2N2O3/c1-21(2,3)30-20(29)27-19(22(24,25)16-9-5-4-6-10-16)18(28)14-26-13-15-8-7-11-17(23)12-15/h4-12,18-19,26,28H,13-14H2,1-3H3,(H,27,29). The third-order valence-corrected chi connectivity index (χ3v) is 4.41. The van der Waals surface area contributed by atoms with Crippen molar-refractivity contribution in [2.24, 2.45) is 0 Å². The Labute approximate surface area is 180 Å². The van der Waals surface area contributed by atoms with Crippen LogP contribution in [0.4, 0.5) is 13.6 Å². The fraction of sp³-hybridized carbons (Fsp3) is 0.409. The summed E-state index contributed by atoms with van der Waals surface area (Å²) in [7, 11) is 0. The zero-order valence-electron chi connectivity index (χ0n) is 17.2. The van der Waals surface area contributed by atoms with Gasteiger partial charge >= 0.3 is 6.09 Å². The summed E-state index contributed by atoms with van der Waals surface area (Å²) in [4.78, 5) is 12.2. The second kappa shape index (κ2) is 10.2. The molecule has 2 atom stereocenters. The lowest BCUT2D eigenvalue weighted by molar-refractivity contribution is -0.0848. The summed E-state index contributed by atoms with van der Waals surface area (Å²) in [5.41, 5.74) is -0.354. The Hall–Kier alpha value is -2.22. The molecule has 0 aliphatic rings. The van der Waals surface area contributed by atoms with Crippen LogP contribution in [0, 0.1) is 0 Å². The van der Waals surface area contributed by atoms with E-state index in [0.717, 1.165) is 5.56 Å². The quantitative estimate of drug-likeness (QED) is 0.566. The smallest absolute Gasteiger partial charge is 0.408 e. The first-order chi connectivity index (χ1) is 14.0. The van der Waals surface area contributed by atoms with Gasteiger partial charge in [0, 0.05) is 23.7 Å². The Kier molecular flexibility index (Phi) is 8.18. The van der Waals surface area contributed by atoms with E-state index < -0.39 is 29.8 Å². The molecule has 30 heavy (non-hydrogen) atoms. The van der Waals surface area contributed by atoms with Crippen molar-refractivity contribution in [3.8, 4) is 0 Å². The maximum absolute atomic E-state index is 15.2. The molecule has 2 aromatic carbocycles. The van der Waals surface area contributed by atoms with E-state index in [-0.39, 0.29) is 12.1 Å². The molecule has 3 N–H and O–H groups in total. The molecule has 0 radical (unpaired) electrons. The first-order valence-electron chi connectivity index (χ1n) is 9.55. The molecule has 5 nitrogen and oxygen atoms in total. The number of rotatable bonds is 8. The molecule has 8 heteroatoms. The van der Waals surface area contributed by atoms with Crippen molar-refractivity contribution in [1.29, 1.82) is 0 Å². The molecule has 2 rings (SSSR count). The molecule has 0 bridgehead atoms. The predicted molar refractivity (Wildman–Crippen MR) is 113 cm³/mol. The van der Waals surface area contributed by atoms with E-state index in [1.807, 2.05) is 6.07 Å². The molecule has 0 aromatic heterocycles. The molecule has 164 valence electrons. The van der Waals surface area contributed by atoms with Crippen molar-refractivity contribution >= 4 is 17.7 Å². The number of alkyl halides is 2. The summed E-state index contributed by atoms with van der Waals surface area (Å²) in [5.74, 6) is -3.53. The summed E-state index contributed by atoms with van der Waals surface area (Å²) >= 11 is 5.94. The lowest BCUT2D eigenvalue weighted by Crippen LogP contribution is -2.56. The van der Waals surface area contributed by atoms with Crippen LogP contribution in [-0.4, -0.2) is 35.5 Å². The van der Waals surface area contributed by atoms with Gasteiger partial charge in [-0.05, 0) is 38.5 Å². The Balaban J connectivity index is 2.13. The van der Waals surface area contributed by atoms with Crippen LogP contribution in [0.3, 0.4) is 0 Å². The SMILES string of the molecule is CC(C)(C)OC(=O)NC(C(O)CNCc1cccc(Cl)c1)C(F)(F)c1ccccc1. The average molecular weight is 441 g/mol. The van der Waals surface area contributed by atoms with E-state index in [1.54, 1.807) is 45.0 Å². The molecular formula is C22H27ClF2N2O3. The van der Waals surface area contributed by atoms with Crippen LogP contribution in [0.2, 0.25) is 5.02 Å². The van der Waals surface area contributed by atoms with Gasteiger partial charge in [0.1, 0.15) is 11.6 Å². The minimum absolute atomic E-state index is 0.185. The number of aliphatic hydroxyl groups excluding tert-OH is 1. The van der Waals surface area contributed by atoms with Gasteiger partial charge < -0.3 is 20.5 Å². The van der Waals surface area contributed by atoms with Gasteiger partial charge in [-0.3, -0.25) is 0 Å². The summed E-state index contributed by atoms with van der Waals surface area (Å²) in [6, 6.07) is 12.2. The van der Waals surface area contributed by atoms with Gasteiger partial charge in [0.15, 0.2) is 0 Å². The monoisotopic (exact) mass is 440 g/mol. The number of hydrogen-bond acceptors (Lipinski definition) is 4. The largest absolute Gasteiger partial charge is 0.444 e. The molecule has 1 amide bonds. The van der Waals surface area contributed by atoms with Crippen molar-refractivity contribution in [2.45, 2.75) is 51.0 Å². The highest BCUT2D eigenvalue weighted by molar-refractivity contribution is 6.30. The number of benzene rings is 2. The van der Waals surface area contributed by atoms with E-state index in [9.17, 15) is 9.90 Å². The molecule has 2 aromatic rings. The topological polar surface area (TPSA) is 70.6 Å². The normalized spacial score (nSPS) is 14.1. The number of amides is 1. The molecule has 0 fully saturated rings. The fourth-order valence-electron chi connectivity index (χ4n) is 2.83. The van der Waals surface area contributed by atoms with Gasteiger partial charge in [-0.1, -0.05) is 54.1 Å². The molecule has 0 aliphatic heterocycles. The maximum atomic E-state index is 15.2. The van der Waals surface area contributed by atoms with Crippen molar-refractivity contribution in [1.82, 2.24) is 10.6 Å². The first-order valence-corrected chi connectivity index (χ1v) is 9.93. The number of alkyl carbamates (subject to hydrolysis) is 1. The number of ether oxygens (including phenoxy) is 1. The van der Waals surface area contributed by atoms with Crippen LogP contribution in [0.1, 0.15) is 31.9 Å². The second-order valence-electron chi connectivity index (χ2n) is 7.94. The number of aliphatic hydroxyl groups is 1. The third-order valence-electron chi connectivity index (χ3n) is 4.18. The highest BCUT2D eigenvalue weighted by atomic mass is 35.5.